The Kier molecular flexibility index (Phi) is 5.45. The summed E-state index contributed by atoms with van der Waals surface area (Å²) in [4.78, 5) is 16.9. The first-order valence-electron chi connectivity index (χ1n) is 8.60. The van der Waals surface area contributed by atoms with Gasteiger partial charge in [-0.2, -0.15) is 0 Å². The first kappa shape index (κ1) is 18.5. The molecule has 0 aromatic heterocycles. The maximum atomic E-state index is 12.4. The van der Waals surface area contributed by atoms with Crippen LogP contribution in [-0.4, -0.2) is 33.1 Å². The Morgan fingerprint density at radius 1 is 1.00 bits per heavy atom. The lowest BCUT2D eigenvalue weighted by Crippen LogP contribution is -2.24. The van der Waals surface area contributed by atoms with Crippen LogP contribution in [0.3, 0.4) is 0 Å². The Balaban J connectivity index is 2.01. The number of hydrogen-bond donors (Lipinski definition) is 1. The summed E-state index contributed by atoms with van der Waals surface area (Å²) in [6.07, 6.45) is 2.63. The summed E-state index contributed by atoms with van der Waals surface area (Å²) >= 11 is 0. The van der Waals surface area contributed by atoms with Gasteiger partial charge in [-0.1, -0.05) is 13.0 Å². The van der Waals surface area contributed by atoms with Crippen LogP contribution in [0.5, 0.6) is 17.2 Å². The van der Waals surface area contributed by atoms with Gasteiger partial charge in [-0.25, -0.2) is 4.99 Å². The number of nitrogens with zero attached hydrogens (tertiary/aromatic N) is 1. The van der Waals surface area contributed by atoms with Crippen molar-refractivity contribution in [3.05, 3.63) is 58.8 Å². The molecule has 0 atom stereocenters. The summed E-state index contributed by atoms with van der Waals surface area (Å²) in [6.45, 7) is 2.08. The van der Waals surface area contributed by atoms with E-state index >= 15 is 0 Å². The molecule has 6 nitrogen and oxygen atoms in total. The Bertz CT molecular complexity index is 910. The number of methoxy groups -OCH3 is 3. The number of aliphatic imine (C=N–C) groups is 1. The lowest BCUT2D eigenvalue weighted by molar-refractivity contribution is -0.115. The van der Waals surface area contributed by atoms with E-state index in [2.05, 4.69) is 17.2 Å². The zero-order chi connectivity index (χ0) is 19.4. The molecule has 140 valence electrons. The van der Waals surface area contributed by atoms with Crippen LogP contribution in [0.1, 0.15) is 23.6 Å². The number of benzene rings is 2. The molecule has 0 saturated carbocycles. The van der Waals surface area contributed by atoms with Crippen molar-refractivity contribution in [3.8, 4) is 17.2 Å². The van der Waals surface area contributed by atoms with Gasteiger partial charge in [-0.3, -0.25) is 4.79 Å². The van der Waals surface area contributed by atoms with Crippen molar-refractivity contribution in [2.45, 2.75) is 13.3 Å². The smallest absolute Gasteiger partial charge is 0.275 e. The van der Waals surface area contributed by atoms with Gasteiger partial charge in [0.15, 0.2) is 0 Å². The molecule has 0 unspecified atom stereocenters. The number of ether oxygens (including phenoxy) is 3. The molecule has 0 spiro atoms. The summed E-state index contributed by atoms with van der Waals surface area (Å²) in [5, 5.41) is 2.80. The number of nitrogens with one attached hydrogen (secondary N) is 1. The molecule has 1 aliphatic rings. The molecule has 0 bridgehead atoms. The second-order valence-electron chi connectivity index (χ2n) is 5.98. The number of aryl methyl sites for hydroxylation is 1. The number of amidine groups is 1. The van der Waals surface area contributed by atoms with Crippen LogP contribution < -0.4 is 19.5 Å². The molecule has 3 rings (SSSR count). The van der Waals surface area contributed by atoms with Crippen molar-refractivity contribution in [2.75, 3.05) is 21.3 Å². The van der Waals surface area contributed by atoms with Gasteiger partial charge < -0.3 is 19.5 Å². The van der Waals surface area contributed by atoms with Crippen molar-refractivity contribution < 1.29 is 19.0 Å². The highest BCUT2D eigenvalue weighted by molar-refractivity contribution is 6.20. The van der Waals surface area contributed by atoms with E-state index in [0.29, 0.717) is 34.3 Å². The lowest BCUT2D eigenvalue weighted by Gasteiger charge is -2.08. The number of carbonyl (C=O) groups excluding carboxylic acids is 1. The van der Waals surface area contributed by atoms with E-state index in [4.69, 9.17) is 14.2 Å². The van der Waals surface area contributed by atoms with Gasteiger partial charge in [-0.15, -0.1) is 0 Å². The van der Waals surface area contributed by atoms with E-state index in [1.165, 1.54) is 0 Å². The molecular formula is C21H22N2O4. The van der Waals surface area contributed by atoms with E-state index in [1.807, 2.05) is 18.2 Å². The fraction of sp³-hybridized carbons (Fsp3) is 0.238. The molecule has 2 aromatic rings. The second-order valence-corrected chi connectivity index (χ2v) is 5.98. The highest BCUT2D eigenvalue weighted by Gasteiger charge is 2.22. The summed E-state index contributed by atoms with van der Waals surface area (Å²) in [7, 11) is 4.76. The van der Waals surface area contributed by atoms with Crippen LogP contribution >= 0.6 is 0 Å². The fourth-order valence-electron chi connectivity index (χ4n) is 2.81. The molecule has 0 aliphatic carbocycles. The van der Waals surface area contributed by atoms with Gasteiger partial charge in [0, 0.05) is 17.2 Å². The van der Waals surface area contributed by atoms with Crippen LogP contribution in [0.2, 0.25) is 0 Å². The van der Waals surface area contributed by atoms with Crippen LogP contribution in [0.4, 0.5) is 0 Å². The van der Waals surface area contributed by atoms with Gasteiger partial charge in [0.2, 0.25) is 0 Å². The SMILES string of the molecule is CCc1ccc(OC)c(/C=C2/N=C(c3cc(OC)cc(OC)c3)NC2=O)c1. The van der Waals surface area contributed by atoms with Crippen LogP contribution in [0, 0.1) is 0 Å². The lowest BCUT2D eigenvalue weighted by atomic mass is 10.1. The average Bonchev–Trinajstić information content (AvgIpc) is 3.07. The highest BCUT2D eigenvalue weighted by Crippen LogP contribution is 2.27. The molecule has 1 aliphatic heterocycles. The minimum absolute atomic E-state index is 0.268. The number of carbonyl (C=O) groups is 1. The minimum atomic E-state index is -0.268. The Labute approximate surface area is 158 Å². The van der Waals surface area contributed by atoms with E-state index in [0.717, 1.165) is 17.5 Å². The third kappa shape index (κ3) is 3.95. The van der Waals surface area contributed by atoms with Crippen LogP contribution in [0.15, 0.2) is 47.1 Å². The van der Waals surface area contributed by atoms with Crippen molar-refractivity contribution in [1.29, 1.82) is 0 Å². The van der Waals surface area contributed by atoms with Crippen LogP contribution in [-0.2, 0) is 11.2 Å². The normalized spacial score (nSPS) is 14.7. The molecule has 0 saturated heterocycles. The van der Waals surface area contributed by atoms with E-state index < -0.39 is 0 Å². The van der Waals surface area contributed by atoms with Gasteiger partial charge in [-0.05, 0) is 42.3 Å². The zero-order valence-corrected chi connectivity index (χ0v) is 15.8. The van der Waals surface area contributed by atoms with Gasteiger partial charge in [0.1, 0.15) is 28.8 Å². The van der Waals surface area contributed by atoms with Crippen molar-refractivity contribution in [1.82, 2.24) is 5.32 Å². The molecule has 2 aromatic carbocycles. The molecule has 0 radical (unpaired) electrons. The third-order valence-electron chi connectivity index (χ3n) is 4.32. The van der Waals surface area contributed by atoms with E-state index in [-0.39, 0.29) is 5.91 Å². The van der Waals surface area contributed by atoms with Gasteiger partial charge >= 0.3 is 0 Å². The molecule has 1 amide bonds. The molecule has 1 N–H and O–H groups in total. The predicted octanol–water partition coefficient (Wildman–Crippen LogP) is 3.19. The maximum absolute atomic E-state index is 12.4. The van der Waals surface area contributed by atoms with E-state index in [9.17, 15) is 4.79 Å². The molecular weight excluding hydrogens is 344 g/mol. The topological polar surface area (TPSA) is 69.2 Å². The molecule has 27 heavy (non-hydrogen) atoms. The summed E-state index contributed by atoms with van der Waals surface area (Å²) in [5.41, 5.74) is 2.99. The first-order valence-corrected chi connectivity index (χ1v) is 8.60. The standard InChI is InChI=1S/C21H22N2O4/c1-5-13-6-7-19(27-4)14(8-13)11-18-21(24)23-20(22-18)15-9-16(25-2)12-17(10-15)26-3/h6-12H,5H2,1-4H3,(H,22,23,24)/b18-11+. The average molecular weight is 366 g/mol. The highest BCUT2D eigenvalue weighted by atomic mass is 16.5. The fourth-order valence-corrected chi connectivity index (χ4v) is 2.81. The Hall–Kier alpha value is -3.28. The van der Waals surface area contributed by atoms with Crippen LogP contribution in [0.25, 0.3) is 6.08 Å². The Morgan fingerprint density at radius 2 is 1.70 bits per heavy atom. The summed E-state index contributed by atoms with van der Waals surface area (Å²) in [6, 6.07) is 11.3. The summed E-state index contributed by atoms with van der Waals surface area (Å²) < 4.78 is 16.0. The monoisotopic (exact) mass is 366 g/mol. The van der Waals surface area contributed by atoms with Crippen molar-refractivity contribution >= 4 is 17.8 Å². The maximum Gasteiger partial charge on any atom is 0.275 e. The summed E-state index contributed by atoms with van der Waals surface area (Å²) in [5.74, 6) is 2.12. The zero-order valence-electron chi connectivity index (χ0n) is 15.8. The van der Waals surface area contributed by atoms with Gasteiger partial charge in [0.05, 0.1) is 21.3 Å². The first-order chi connectivity index (χ1) is 13.1. The molecule has 0 fully saturated rings. The quantitative estimate of drug-likeness (QED) is 0.797. The number of rotatable bonds is 6. The van der Waals surface area contributed by atoms with Crippen molar-refractivity contribution in [2.24, 2.45) is 4.99 Å². The van der Waals surface area contributed by atoms with Crippen molar-refractivity contribution in [3.63, 3.8) is 0 Å². The Morgan fingerprint density at radius 3 is 2.30 bits per heavy atom. The second kappa shape index (κ2) is 7.95. The largest absolute Gasteiger partial charge is 0.497 e. The number of hydrogen-bond acceptors (Lipinski definition) is 5. The van der Waals surface area contributed by atoms with E-state index in [1.54, 1.807) is 45.6 Å². The predicted molar refractivity (Wildman–Crippen MR) is 105 cm³/mol. The number of amides is 1. The molecule has 6 heteroatoms. The third-order valence-corrected chi connectivity index (χ3v) is 4.32. The molecule has 1 heterocycles. The van der Waals surface area contributed by atoms with Gasteiger partial charge in [0.25, 0.3) is 5.91 Å². The minimum Gasteiger partial charge on any atom is -0.497 e.